The molecule has 0 aromatic heterocycles. The SMILES string of the molecule is CC(C)(C)OC(=O)CN1c2ccc(Cl)cc2N=C(Cl)c2ccccc21. The first-order valence-electron chi connectivity index (χ1n) is 7.87. The molecular weight excluding hydrogens is 359 g/mol. The number of esters is 1. The maximum atomic E-state index is 12.4. The Balaban J connectivity index is 2.09. The van der Waals surface area contributed by atoms with E-state index >= 15 is 0 Å². The number of halogens is 2. The predicted octanol–water partition coefficient (Wildman–Crippen LogP) is 5.45. The number of hydrogen-bond donors (Lipinski definition) is 0. The van der Waals surface area contributed by atoms with Crippen molar-refractivity contribution >= 4 is 51.4 Å². The second-order valence-corrected chi connectivity index (χ2v) is 7.52. The smallest absolute Gasteiger partial charge is 0.326 e. The molecule has 0 N–H and O–H groups in total. The lowest BCUT2D eigenvalue weighted by atomic mass is 10.1. The third-order valence-corrected chi connectivity index (χ3v) is 4.09. The van der Waals surface area contributed by atoms with Crippen molar-refractivity contribution < 1.29 is 9.53 Å². The lowest BCUT2D eigenvalue weighted by Crippen LogP contribution is -2.32. The van der Waals surface area contributed by atoms with Crippen LogP contribution in [-0.4, -0.2) is 23.3 Å². The van der Waals surface area contributed by atoms with Gasteiger partial charge in [0.25, 0.3) is 0 Å². The molecule has 0 fully saturated rings. The Hall–Kier alpha value is -2.04. The van der Waals surface area contributed by atoms with Crippen LogP contribution in [-0.2, 0) is 9.53 Å². The van der Waals surface area contributed by atoms with Gasteiger partial charge in [-0.2, -0.15) is 0 Å². The topological polar surface area (TPSA) is 41.9 Å². The molecule has 0 atom stereocenters. The number of benzene rings is 2. The van der Waals surface area contributed by atoms with Gasteiger partial charge in [-0.3, -0.25) is 4.79 Å². The molecule has 0 saturated heterocycles. The van der Waals surface area contributed by atoms with Gasteiger partial charge >= 0.3 is 5.97 Å². The number of hydrogen-bond acceptors (Lipinski definition) is 4. The third-order valence-electron chi connectivity index (χ3n) is 3.57. The molecule has 3 rings (SSSR count). The maximum absolute atomic E-state index is 12.4. The van der Waals surface area contributed by atoms with E-state index < -0.39 is 5.60 Å². The molecule has 1 heterocycles. The van der Waals surface area contributed by atoms with Gasteiger partial charge in [-0.15, -0.1) is 0 Å². The van der Waals surface area contributed by atoms with Crippen molar-refractivity contribution in [1.29, 1.82) is 0 Å². The van der Waals surface area contributed by atoms with Gasteiger partial charge in [-0.25, -0.2) is 4.99 Å². The molecule has 1 aliphatic heterocycles. The number of ether oxygens (including phenoxy) is 1. The summed E-state index contributed by atoms with van der Waals surface area (Å²) in [6.45, 7) is 5.57. The highest BCUT2D eigenvalue weighted by Gasteiger charge is 2.26. The van der Waals surface area contributed by atoms with E-state index in [1.54, 1.807) is 12.1 Å². The molecule has 0 unspecified atom stereocenters. The van der Waals surface area contributed by atoms with Crippen molar-refractivity contribution in [3.05, 3.63) is 53.1 Å². The van der Waals surface area contributed by atoms with E-state index in [2.05, 4.69) is 4.99 Å². The minimum Gasteiger partial charge on any atom is -0.459 e. The largest absolute Gasteiger partial charge is 0.459 e. The van der Waals surface area contributed by atoms with Crippen LogP contribution in [0.5, 0.6) is 0 Å². The third kappa shape index (κ3) is 3.97. The molecule has 25 heavy (non-hydrogen) atoms. The van der Waals surface area contributed by atoms with Crippen LogP contribution in [0.2, 0.25) is 5.02 Å². The van der Waals surface area contributed by atoms with Crippen molar-refractivity contribution in [2.45, 2.75) is 26.4 Å². The molecule has 4 nitrogen and oxygen atoms in total. The summed E-state index contributed by atoms with van der Waals surface area (Å²) in [6.07, 6.45) is 0. The van der Waals surface area contributed by atoms with Gasteiger partial charge in [0.05, 0.1) is 17.1 Å². The molecule has 0 amide bonds. The quantitative estimate of drug-likeness (QED) is 0.654. The molecule has 0 aliphatic carbocycles. The minimum atomic E-state index is -0.556. The number of fused-ring (bicyclic) bond motifs is 2. The zero-order valence-electron chi connectivity index (χ0n) is 14.2. The number of para-hydroxylation sites is 1. The fraction of sp³-hybridized carbons (Fsp3) is 0.263. The van der Waals surface area contributed by atoms with Crippen LogP contribution in [0.15, 0.2) is 47.5 Å². The number of aliphatic imine (C=N–C) groups is 1. The van der Waals surface area contributed by atoms with E-state index in [0.717, 1.165) is 16.9 Å². The van der Waals surface area contributed by atoms with Crippen molar-refractivity contribution in [3.63, 3.8) is 0 Å². The molecule has 0 spiro atoms. The second-order valence-electron chi connectivity index (χ2n) is 6.73. The Morgan fingerprint density at radius 2 is 1.84 bits per heavy atom. The summed E-state index contributed by atoms with van der Waals surface area (Å²) in [5, 5.41) is 0.904. The number of carbonyl (C=O) groups is 1. The Labute approximate surface area is 157 Å². The monoisotopic (exact) mass is 376 g/mol. The molecule has 2 aromatic rings. The zero-order chi connectivity index (χ0) is 18.2. The molecule has 1 aliphatic rings. The molecule has 0 bridgehead atoms. The fourth-order valence-corrected chi connectivity index (χ4v) is 3.08. The molecular formula is C19H18Cl2N2O2. The second kappa shape index (κ2) is 6.70. The van der Waals surface area contributed by atoms with Crippen LogP contribution in [0.4, 0.5) is 17.1 Å². The van der Waals surface area contributed by atoms with Crippen LogP contribution in [0, 0.1) is 0 Å². The molecule has 0 radical (unpaired) electrons. The van der Waals surface area contributed by atoms with E-state index in [0.29, 0.717) is 15.9 Å². The maximum Gasteiger partial charge on any atom is 0.326 e. The molecule has 2 aromatic carbocycles. The van der Waals surface area contributed by atoms with Gasteiger partial charge in [0.1, 0.15) is 17.3 Å². The van der Waals surface area contributed by atoms with Gasteiger partial charge in [-0.1, -0.05) is 35.3 Å². The van der Waals surface area contributed by atoms with E-state index in [9.17, 15) is 4.79 Å². The molecule has 0 saturated carbocycles. The normalized spacial score (nSPS) is 13.5. The number of anilines is 2. The number of rotatable bonds is 2. The lowest BCUT2D eigenvalue weighted by molar-refractivity contribution is -0.152. The highest BCUT2D eigenvalue weighted by Crippen LogP contribution is 2.41. The average molecular weight is 377 g/mol. The Kier molecular flexibility index (Phi) is 4.76. The van der Waals surface area contributed by atoms with E-state index in [4.69, 9.17) is 27.9 Å². The number of carbonyl (C=O) groups excluding carboxylic acids is 1. The highest BCUT2D eigenvalue weighted by atomic mass is 35.5. The predicted molar refractivity (Wildman–Crippen MR) is 103 cm³/mol. The van der Waals surface area contributed by atoms with Crippen LogP contribution < -0.4 is 4.90 Å². The lowest BCUT2D eigenvalue weighted by Gasteiger charge is -2.27. The summed E-state index contributed by atoms with van der Waals surface area (Å²) >= 11 is 12.5. The van der Waals surface area contributed by atoms with Crippen molar-refractivity contribution in [2.24, 2.45) is 4.99 Å². The Bertz CT molecular complexity index is 857. The summed E-state index contributed by atoms with van der Waals surface area (Å²) in [4.78, 5) is 18.8. The average Bonchev–Trinajstić information content (AvgIpc) is 2.61. The summed E-state index contributed by atoms with van der Waals surface area (Å²) in [7, 11) is 0. The van der Waals surface area contributed by atoms with Gasteiger partial charge in [0.15, 0.2) is 0 Å². The van der Waals surface area contributed by atoms with Gasteiger partial charge in [-0.05, 0) is 51.1 Å². The van der Waals surface area contributed by atoms with Crippen molar-refractivity contribution in [2.75, 3.05) is 11.4 Å². The van der Waals surface area contributed by atoms with Crippen LogP contribution in [0.3, 0.4) is 0 Å². The molecule has 6 heteroatoms. The first-order valence-corrected chi connectivity index (χ1v) is 8.63. The van der Waals surface area contributed by atoms with Crippen molar-refractivity contribution in [3.8, 4) is 0 Å². The van der Waals surface area contributed by atoms with E-state index in [1.165, 1.54) is 0 Å². The Morgan fingerprint density at radius 1 is 1.12 bits per heavy atom. The van der Waals surface area contributed by atoms with Gasteiger partial charge in [0.2, 0.25) is 0 Å². The minimum absolute atomic E-state index is 0.0443. The summed E-state index contributed by atoms with van der Waals surface area (Å²) in [5.41, 5.74) is 2.35. The van der Waals surface area contributed by atoms with E-state index in [1.807, 2.05) is 56.0 Å². The Morgan fingerprint density at radius 3 is 2.56 bits per heavy atom. The molecule has 130 valence electrons. The standard InChI is InChI=1S/C19H18Cl2N2O2/c1-19(2,3)25-17(24)11-23-15-7-5-4-6-13(15)18(21)22-14-10-12(20)8-9-16(14)23/h4-10H,11H2,1-3H3. The van der Waals surface area contributed by atoms with E-state index in [-0.39, 0.29) is 12.5 Å². The zero-order valence-corrected chi connectivity index (χ0v) is 15.7. The van der Waals surface area contributed by atoms with Crippen LogP contribution in [0.25, 0.3) is 0 Å². The highest BCUT2D eigenvalue weighted by molar-refractivity contribution is 6.70. The fourth-order valence-electron chi connectivity index (χ4n) is 2.67. The summed E-state index contributed by atoms with van der Waals surface area (Å²) < 4.78 is 5.48. The van der Waals surface area contributed by atoms with Gasteiger partial charge in [0, 0.05) is 10.6 Å². The first-order chi connectivity index (χ1) is 11.7. The van der Waals surface area contributed by atoms with Gasteiger partial charge < -0.3 is 9.64 Å². The van der Waals surface area contributed by atoms with Crippen LogP contribution in [0.1, 0.15) is 26.3 Å². The van der Waals surface area contributed by atoms with Crippen molar-refractivity contribution in [1.82, 2.24) is 0 Å². The number of nitrogens with zero attached hydrogens (tertiary/aromatic N) is 2. The first kappa shape index (κ1) is 17.8. The summed E-state index contributed by atoms with van der Waals surface area (Å²) in [5.74, 6) is -0.332. The summed E-state index contributed by atoms with van der Waals surface area (Å²) in [6, 6.07) is 12.9. The van der Waals surface area contributed by atoms with Crippen LogP contribution >= 0.6 is 23.2 Å².